The highest BCUT2D eigenvalue weighted by molar-refractivity contribution is 7.03. The first kappa shape index (κ1) is 8.83. The molecular weight excluding hydrogens is 196 g/mol. The van der Waals surface area contributed by atoms with E-state index in [4.69, 9.17) is 0 Å². The zero-order valence-electron chi connectivity index (χ0n) is 7.29. The summed E-state index contributed by atoms with van der Waals surface area (Å²) in [5, 5.41) is 5.31. The third-order valence-electron chi connectivity index (χ3n) is 1.61. The second-order valence-electron chi connectivity index (χ2n) is 2.51. The summed E-state index contributed by atoms with van der Waals surface area (Å²) in [6, 6.07) is 7.94. The fraction of sp³-hybridized carbons (Fsp3) is 0. The van der Waals surface area contributed by atoms with Crippen LogP contribution in [0.15, 0.2) is 42.2 Å². The highest BCUT2D eigenvalue weighted by Crippen LogP contribution is 2.05. The zero-order valence-corrected chi connectivity index (χ0v) is 8.11. The van der Waals surface area contributed by atoms with Crippen molar-refractivity contribution in [2.45, 2.75) is 0 Å². The van der Waals surface area contributed by atoms with Crippen LogP contribution in [0.25, 0.3) is 11.0 Å². The summed E-state index contributed by atoms with van der Waals surface area (Å²) < 4.78 is 3.51. The van der Waals surface area contributed by atoms with Crippen LogP contribution in [0, 0.1) is 0 Å². The van der Waals surface area contributed by atoms with Gasteiger partial charge in [-0.25, -0.2) is 4.98 Å². The number of benzene rings is 1. The predicted octanol–water partition coefficient (Wildman–Crippen LogP) is 2.10. The van der Waals surface area contributed by atoms with Gasteiger partial charge in [0.15, 0.2) is 0 Å². The highest BCUT2D eigenvalue weighted by Gasteiger charge is 1.88. The molecule has 3 aromatic rings. The lowest BCUT2D eigenvalue weighted by Crippen LogP contribution is -1.63. The van der Waals surface area contributed by atoms with Crippen LogP contribution >= 0.6 is 11.5 Å². The van der Waals surface area contributed by atoms with Gasteiger partial charge in [-0.3, -0.25) is 0 Å². The van der Waals surface area contributed by atoms with Gasteiger partial charge < -0.3 is 4.98 Å². The molecule has 0 unspecified atom stereocenters. The fourth-order valence-corrected chi connectivity index (χ4v) is 1.29. The molecule has 3 rings (SSSR count). The molecule has 0 radical (unpaired) electrons. The largest absolute Gasteiger partial charge is 0.345 e. The molecule has 0 bridgehead atoms. The van der Waals surface area contributed by atoms with Crippen LogP contribution in [0.3, 0.4) is 0 Å². The molecule has 1 aromatic carbocycles. The summed E-state index contributed by atoms with van der Waals surface area (Å²) in [4.78, 5) is 7.07. The lowest BCUT2D eigenvalue weighted by Gasteiger charge is -1.81. The lowest BCUT2D eigenvalue weighted by atomic mass is 10.3. The van der Waals surface area contributed by atoms with Crippen molar-refractivity contribution in [2.75, 3.05) is 0 Å². The fourth-order valence-electron chi connectivity index (χ4n) is 1.02. The molecule has 1 N–H and O–H groups in total. The molecule has 0 aliphatic carbocycles. The Kier molecular flexibility index (Phi) is 2.82. The summed E-state index contributed by atoms with van der Waals surface area (Å²) >= 11 is 1.35. The van der Waals surface area contributed by atoms with Crippen LogP contribution in [0.1, 0.15) is 0 Å². The second-order valence-corrected chi connectivity index (χ2v) is 3.15. The first-order chi connectivity index (χ1) is 6.97. The summed E-state index contributed by atoms with van der Waals surface area (Å²) in [7, 11) is 0. The standard InChI is InChI=1S/C7H6N2.C2H2N2S/c1-2-4-7-6(3-1)8-5-9-7;1-2-5-4-3-1/h1-5H,(H,8,9);1-2H. The van der Waals surface area contributed by atoms with E-state index in [-0.39, 0.29) is 0 Å². The quantitative estimate of drug-likeness (QED) is 0.610. The van der Waals surface area contributed by atoms with Crippen LogP contribution < -0.4 is 0 Å². The number of hydrogen-bond donors (Lipinski definition) is 1. The monoisotopic (exact) mass is 204 g/mol. The molecule has 0 atom stereocenters. The first-order valence-corrected chi connectivity index (χ1v) is 4.89. The van der Waals surface area contributed by atoms with E-state index in [1.165, 1.54) is 11.5 Å². The third kappa shape index (κ3) is 2.14. The van der Waals surface area contributed by atoms with Gasteiger partial charge in [0.1, 0.15) is 0 Å². The second kappa shape index (κ2) is 4.48. The van der Waals surface area contributed by atoms with Gasteiger partial charge in [0.2, 0.25) is 0 Å². The molecule has 4 nitrogen and oxygen atoms in total. The number of fused-ring (bicyclic) bond motifs is 1. The smallest absolute Gasteiger partial charge is 0.0931 e. The first-order valence-electron chi connectivity index (χ1n) is 4.06. The van der Waals surface area contributed by atoms with Gasteiger partial charge in [-0.2, -0.15) is 0 Å². The topological polar surface area (TPSA) is 54.5 Å². The predicted molar refractivity (Wildman–Crippen MR) is 56.0 cm³/mol. The highest BCUT2D eigenvalue weighted by atomic mass is 32.1. The lowest BCUT2D eigenvalue weighted by molar-refractivity contribution is 1.16. The molecule has 2 aromatic heterocycles. The average Bonchev–Trinajstić information content (AvgIpc) is 2.92. The van der Waals surface area contributed by atoms with Crippen LogP contribution in [0.5, 0.6) is 0 Å². The molecule has 0 saturated heterocycles. The van der Waals surface area contributed by atoms with E-state index in [1.54, 1.807) is 12.5 Å². The van der Waals surface area contributed by atoms with Crippen molar-refractivity contribution < 1.29 is 0 Å². The SMILES string of the molecule is c1ccc2[nH]cnc2c1.c1csnn1. The summed E-state index contributed by atoms with van der Waals surface area (Å²) in [6.45, 7) is 0. The Hall–Kier alpha value is -1.75. The van der Waals surface area contributed by atoms with E-state index in [0.29, 0.717) is 0 Å². The Bertz CT molecular complexity index is 427. The number of H-pyrrole nitrogens is 1. The van der Waals surface area contributed by atoms with Crippen molar-refractivity contribution in [3.05, 3.63) is 42.2 Å². The molecular formula is C9H8N4S. The van der Waals surface area contributed by atoms with Crippen molar-refractivity contribution in [1.29, 1.82) is 0 Å². The van der Waals surface area contributed by atoms with E-state index >= 15 is 0 Å². The minimum atomic E-state index is 1.03. The van der Waals surface area contributed by atoms with Gasteiger partial charge >= 0.3 is 0 Å². The molecule has 14 heavy (non-hydrogen) atoms. The number of rotatable bonds is 0. The van der Waals surface area contributed by atoms with E-state index in [9.17, 15) is 0 Å². The number of aromatic amines is 1. The van der Waals surface area contributed by atoms with Gasteiger partial charge in [-0.05, 0) is 23.7 Å². The summed E-state index contributed by atoms with van der Waals surface area (Å²) in [5.41, 5.74) is 2.12. The van der Waals surface area contributed by atoms with E-state index in [0.717, 1.165) is 11.0 Å². The van der Waals surface area contributed by atoms with E-state index in [1.807, 2.05) is 29.6 Å². The average molecular weight is 204 g/mol. The maximum absolute atomic E-state index is 4.06. The molecule has 2 heterocycles. The minimum Gasteiger partial charge on any atom is -0.345 e. The molecule has 0 aliphatic heterocycles. The number of aromatic nitrogens is 4. The van der Waals surface area contributed by atoms with E-state index < -0.39 is 0 Å². The van der Waals surface area contributed by atoms with Crippen molar-refractivity contribution in [1.82, 2.24) is 19.6 Å². The van der Waals surface area contributed by atoms with Crippen LogP contribution in [0.4, 0.5) is 0 Å². The molecule has 5 heteroatoms. The summed E-state index contributed by atoms with van der Waals surface area (Å²) in [5.74, 6) is 0. The molecule has 70 valence electrons. The third-order valence-corrected chi connectivity index (χ3v) is 2.04. The number of nitrogens with one attached hydrogen (secondary N) is 1. The number of para-hydroxylation sites is 2. The molecule has 0 fully saturated rings. The molecule has 0 amide bonds. The molecule has 0 aliphatic rings. The van der Waals surface area contributed by atoms with Crippen molar-refractivity contribution in [3.8, 4) is 0 Å². The van der Waals surface area contributed by atoms with Gasteiger partial charge in [0, 0.05) is 5.38 Å². The van der Waals surface area contributed by atoms with Gasteiger partial charge in [-0.1, -0.05) is 16.6 Å². The van der Waals surface area contributed by atoms with Crippen LogP contribution in [0.2, 0.25) is 0 Å². The normalized spacial score (nSPS) is 9.43. The van der Waals surface area contributed by atoms with Crippen molar-refractivity contribution in [2.24, 2.45) is 0 Å². The Labute approximate surface area is 84.8 Å². The molecule has 0 saturated carbocycles. The Morgan fingerprint density at radius 3 is 2.79 bits per heavy atom. The Morgan fingerprint density at radius 1 is 1.21 bits per heavy atom. The number of imidazole rings is 1. The van der Waals surface area contributed by atoms with Gasteiger partial charge in [-0.15, -0.1) is 5.10 Å². The summed E-state index contributed by atoms with van der Waals surface area (Å²) in [6.07, 6.45) is 3.36. The number of hydrogen-bond acceptors (Lipinski definition) is 4. The Balaban J connectivity index is 0.000000128. The number of nitrogens with zero attached hydrogens (tertiary/aromatic N) is 3. The minimum absolute atomic E-state index is 1.03. The van der Waals surface area contributed by atoms with Crippen LogP contribution in [-0.2, 0) is 0 Å². The van der Waals surface area contributed by atoms with Crippen molar-refractivity contribution >= 4 is 22.6 Å². The molecule has 0 spiro atoms. The Morgan fingerprint density at radius 2 is 2.14 bits per heavy atom. The van der Waals surface area contributed by atoms with Gasteiger partial charge in [0.05, 0.1) is 23.6 Å². The maximum Gasteiger partial charge on any atom is 0.0931 e. The van der Waals surface area contributed by atoms with Crippen molar-refractivity contribution in [3.63, 3.8) is 0 Å². The van der Waals surface area contributed by atoms with E-state index in [2.05, 4.69) is 19.6 Å². The zero-order chi connectivity index (χ0) is 9.64. The maximum atomic E-state index is 4.06. The van der Waals surface area contributed by atoms with Crippen LogP contribution in [-0.4, -0.2) is 19.6 Å². The van der Waals surface area contributed by atoms with Gasteiger partial charge in [0.25, 0.3) is 0 Å².